The van der Waals surface area contributed by atoms with Crippen LogP contribution >= 0.6 is 0 Å². The smallest absolute Gasteiger partial charge is 0.209 e. The van der Waals surface area contributed by atoms with E-state index in [0.717, 1.165) is 18.4 Å². The molecular formula is C15H24N6. The molecule has 0 saturated carbocycles. The Kier molecular flexibility index (Phi) is 3.61. The van der Waals surface area contributed by atoms with Gasteiger partial charge in [0.2, 0.25) is 11.7 Å². The fourth-order valence-corrected chi connectivity index (χ4v) is 3.19. The summed E-state index contributed by atoms with van der Waals surface area (Å²) in [6.45, 7) is 0. The molecule has 0 amide bonds. The van der Waals surface area contributed by atoms with Crippen LogP contribution in [0.3, 0.4) is 0 Å². The van der Waals surface area contributed by atoms with Gasteiger partial charge in [0.05, 0.1) is 0 Å². The van der Waals surface area contributed by atoms with Crippen LogP contribution < -0.4 is 22.3 Å². The van der Waals surface area contributed by atoms with Crippen molar-refractivity contribution in [3.63, 3.8) is 0 Å². The molecule has 0 saturated heterocycles. The zero-order valence-corrected chi connectivity index (χ0v) is 12.7. The number of hydrazine groups is 1. The molecule has 2 atom stereocenters. The molecule has 1 heterocycles. The van der Waals surface area contributed by atoms with Crippen LogP contribution in [0.25, 0.3) is 0 Å². The van der Waals surface area contributed by atoms with Gasteiger partial charge in [-0.3, -0.25) is 11.2 Å². The molecule has 1 aromatic rings. The number of hydrogen-bond acceptors (Lipinski definition) is 6. The van der Waals surface area contributed by atoms with Gasteiger partial charge in [-0.1, -0.05) is 18.2 Å². The monoisotopic (exact) mass is 288 g/mol. The summed E-state index contributed by atoms with van der Waals surface area (Å²) < 4.78 is 0. The highest BCUT2D eigenvalue weighted by molar-refractivity contribution is 5.79. The molecular weight excluding hydrogens is 264 g/mol. The van der Waals surface area contributed by atoms with E-state index in [2.05, 4.69) is 47.0 Å². The van der Waals surface area contributed by atoms with Gasteiger partial charge in [0.1, 0.15) is 0 Å². The Balaban J connectivity index is 1.87. The predicted octanol–water partition coefficient (Wildman–Crippen LogP) is -0.0129. The Hall–Kier alpha value is -1.63. The van der Waals surface area contributed by atoms with E-state index in [9.17, 15) is 0 Å². The Morgan fingerprint density at radius 3 is 2.57 bits per heavy atom. The van der Waals surface area contributed by atoms with Crippen LogP contribution in [0.1, 0.15) is 29.5 Å². The van der Waals surface area contributed by atoms with E-state index in [1.165, 1.54) is 24.0 Å². The molecule has 1 aromatic carbocycles. The first kappa shape index (κ1) is 14.3. The second-order valence-electron chi connectivity index (χ2n) is 6.19. The number of guanidine groups is 1. The number of rotatable bonds is 2. The van der Waals surface area contributed by atoms with E-state index in [0.29, 0.717) is 12.0 Å². The van der Waals surface area contributed by atoms with Gasteiger partial charge in [-0.15, -0.1) is 0 Å². The van der Waals surface area contributed by atoms with E-state index in [1.54, 1.807) is 0 Å². The number of hydrogen-bond donors (Lipinski definition) is 4. The standard InChI is InChI=1S/C15H24N6/c1-21(2)13-7-4-10-3-6-12(9-11(10)5-8-13)15(17)18-14(16)19-20-15/h3,6,9,13,20H,4-5,7-8,17H2,1-2H3,(H3,16,18,19)/t13-,15?/m0/s1. The second kappa shape index (κ2) is 5.29. The zero-order chi connectivity index (χ0) is 15.0. The maximum absolute atomic E-state index is 6.27. The molecule has 1 unspecified atom stereocenters. The average molecular weight is 288 g/mol. The highest BCUT2D eigenvalue weighted by Gasteiger charge is 2.32. The van der Waals surface area contributed by atoms with Crippen molar-refractivity contribution >= 4 is 5.96 Å². The molecule has 1 aliphatic heterocycles. The van der Waals surface area contributed by atoms with Crippen molar-refractivity contribution in [3.8, 4) is 0 Å². The van der Waals surface area contributed by atoms with Crippen molar-refractivity contribution in [1.82, 2.24) is 15.8 Å². The summed E-state index contributed by atoms with van der Waals surface area (Å²) in [6.07, 6.45) is 4.58. The number of aliphatic imine (C=N–C) groups is 1. The number of nitrogens with two attached hydrogens (primary N) is 2. The largest absolute Gasteiger partial charge is 0.369 e. The number of nitrogens with one attached hydrogen (secondary N) is 2. The Bertz CT molecular complexity index is 567. The van der Waals surface area contributed by atoms with Crippen LogP contribution in [-0.4, -0.2) is 31.0 Å². The summed E-state index contributed by atoms with van der Waals surface area (Å²) in [6, 6.07) is 7.05. The van der Waals surface area contributed by atoms with Gasteiger partial charge in [-0.25, -0.2) is 4.99 Å². The summed E-state index contributed by atoms with van der Waals surface area (Å²) in [5.74, 6) is -0.646. The van der Waals surface area contributed by atoms with E-state index in [1.807, 2.05) is 6.07 Å². The molecule has 0 aromatic heterocycles. The lowest BCUT2D eigenvalue weighted by Crippen LogP contribution is -2.50. The lowest BCUT2D eigenvalue weighted by Gasteiger charge is -2.22. The van der Waals surface area contributed by atoms with Crippen LogP contribution in [0.15, 0.2) is 23.2 Å². The van der Waals surface area contributed by atoms with Gasteiger partial charge in [-0.2, -0.15) is 5.43 Å². The van der Waals surface area contributed by atoms with E-state index in [4.69, 9.17) is 11.5 Å². The predicted molar refractivity (Wildman–Crippen MR) is 84.3 cm³/mol. The molecule has 1 aliphatic carbocycles. The third-order valence-corrected chi connectivity index (χ3v) is 4.55. The number of nitrogens with zero attached hydrogens (tertiary/aromatic N) is 2. The van der Waals surface area contributed by atoms with Crippen molar-refractivity contribution < 1.29 is 0 Å². The van der Waals surface area contributed by atoms with Crippen molar-refractivity contribution in [2.45, 2.75) is 37.5 Å². The lowest BCUT2D eigenvalue weighted by molar-refractivity contribution is 0.269. The summed E-state index contributed by atoms with van der Waals surface area (Å²) in [5, 5.41) is 0. The molecule has 6 N–H and O–H groups in total. The summed E-state index contributed by atoms with van der Waals surface area (Å²) >= 11 is 0. The molecule has 0 fully saturated rings. The lowest BCUT2D eigenvalue weighted by atomic mass is 9.97. The van der Waals surface area contributed by atoms with Crippen LogP contribution in [0.4, 0.5) is 0 Å². The van der Waals surface area contributed by atoms with Gasteiger partial charge in [0.25, 0.3) is 0 Å². The second-order valence-corrected chi connectivity index (χ2v) is 6.19. The first-order chi connectivity index (χ1) is 9.98. The topological polar surface area (TPSA) is 91.7 Å². The molecule has 6 heteroatoms. The molecule has 114 valence electrons. The molecule has 21 heavy (non-hydrogen) atoms. The van der Waals surface area contributed by atoms with Crippen molar-refractivity contribution in [2.24, 2.45) is 16.5 Å². The maximum atomic E-state index is 6.27. The fourth-order valence-electron chi connectivity index (χ4n) is 3.19. The minimum absolute atomic E-state index is 0.320. The van der Waals surface area contributed by atoms with Gasteiger partial charge < -0.3 is 10.6 Å². The minimum Gasteiger partial charge on any atom is -0.369 e. The van der Waals surface area contributed by atoms with Gasteiger partial charge in [0.15, 0.2) is 0 Å². The highest BCUT2D eigenvalue weighted by Crippen LogP contribution is 2.27. The third-order valence-electron chi connectivity index (χ3n) is 4.55. The first-order valence-corrected chi connectivity index (χ1v) is 7.44. The van der Waals surface area contributed by atoms with Crippen LogP contribution in [0, 0.1) is 0 Å². The molecule has 6 nitrogen and oxygen atoms in total. The van der Waals surface area contributed by atoms with Gasteiger partial charge in [-0.05, 0) is 50.9 Å². The Morgan fingerprint density at radius 2 is 1.95 bits per heavy atom. The molecule has 2 aliphatic rings. The number of aryl methyl sites for hydroxylation is 2. The normalized spacial score (nSPS) is 28.8. The van der Waals surface area contributed by atoms with E-state index in [-0.39, 0.29) is 0 Å². The van der Waals surface area contributed by atoms with Gasteiger partial charge in [0, 0.05) is 11.6 Å². The van der Waals surface area contributed by atoms with Gasteiger partial charge >= 0.3 is 0 Å². The van der Waals surface area contributed by atoms with Crippen molar-refractivity contribution in [1.29, 1.82) is 0 Å². The zero-order valence-electron chi connectivity index (χ0n) is 12.7. The van der Waals surface area contributed by atoms with E-state index >= 15 is 0 Å². The Labute approximate surface area is 125 Å². The average Bonchev–Trinajstić information content (AvgIpc) is 2.69. The summed E-state index contributed by atoms with van der Waals surface area (Å²) in [7, 11) is 4.32. The third kappa shape index (κ3) is 2.74. The van der Waals surface area contributed by atoms with Crippen LogP contribution in [0.5, 0.6) is 0 Å². The van der Waals surface area contributed by atoms with Crippen molar-refractivity contribution in [3.05, 3.63) is 34.9 Å². The van der Waals surface area contributed by atoms with Crippen molar-refractivity contribution in [2.75, 3.05) is 14.1 Å². The maximum Gasteiger partial charge on any atom is 0.209 e. The number of fused-ring (bicyclic) bond motifs is 1. The highest BCUT2D eigenvalue weighted by atomic mass is 15.6. The molecule has 0 spiro atoms. The SMILES string of the molecule is CN(C)[C@H]1CCc2ccc(C3(N)N=C(N)NN3)cc2CC1. The first-order valence-electron chi connectivity index (χ1n) is 7.44. The minimum atomic E-state index is -0.966. The Morgan fingerprint density at radius 1 is 1.24 bits per heavy atom. The fraction of sp³-hybridized carbons (Fsp3) is 0.533. The quantitative estimate of drug-likeness (QED) is 0.574. The summed E-state index contributed by atoms with van der Waals surface area (Å²) in [4.78, 5) is 6.57. The van der Waals surface area contributed by atoms with Crippen LogP contribution in [-0.2, 0) is 18.6 Å². The summed E-state index contributed by atoms with van der Waals surface area (Å²) in [5.41, 5.74) is 21.4. The molecule has 3 rings (SSSR count). The molecule has 0 radical (unpaired) electrons. The number of benzene rings is 1. The van der Waals surface area contributed by atoms with Crippen LogP contribution in [0.2, 0.25) is 0 Å². The van der Waals surface area contributed by atoms with E-state index < -0.39 is 5.79 Å². The molecule has 0 bridgehead atoms.